The molecule has 3 aromatic carbocycles. The molecule has 0 aromatic heterocycles. The van der Waals surface area contributed by atoms with Crippen LogP contribution in [0.5, 0.6) is 0 Å². The maximum atomic E-state index is 13.2. The number of halogens is 1. The Hall–Kier alpha value is -2.72. The van der Waals surface area contributed by atoms with Crippen LogP contribution in [0.1, 0.15) is 22.7 Å². The second-order valence-corrected chi connectivity index (χ2v) is 9.44. The lowest BCUT2D eigenvalue weighted by Crippen LogP contribution is -2.33. The molecule has 3 rings (SSSR count). The molecule has 0 spiro atoms. The lowest BCUT2D eigenvalue weighted by Gasteiger charge is -2.16. The van der Waals surface area contributed by atoms with E-state index in [0.29, 0.717) is 18.6 Å². The highest BCUT2D eigenvalue weighted by molar-refractivity contribution is 7.98. The van der Waals surface area contributed by atoms with Crippen LogP contribution in [0.15, 0.2) is 83.8 Å². The number of carbonyl (C=O) groups is 1. The van der Waals surface area contributed by atoms with Crippen LogP contribution in [0.3, 0.4) is 0 Å². The molecule has 0 aliphatic heterocycles. The van der Waals surface area contributed by atoms with Gasteiger partial charge in [-0.2, -0.15) is 8.42 Å². The Kier molecular flexibility index (Phi) is 9.86. The van der Waals surface area contributed by atoms with E-state index in [2.05, 4.69) is 5.32 Å². The summed E-state index contributed by atoms with van der Waals surface area (Å²) in [5.41, 5.74) is 8.40. The maximum absolute atomic E-state index is 13.2. The van der Waals surface area contributed by atoms with Crippen molar-refractivity contribution in [1.29, 1.82) is 0 Å². The third-order valence-electron chi connectivity index (χ3n) is 4.15. The van der Waals surface area contributed by atoms with Crippen LogP contribution in [0, 0.1) is 5.82 Å². The van der Waals surface area contributed by atoms with Gasteiger partial charge in [-0.15, -0.1) is 11.8 Å². The Morgan fingerprint density at radius 3 is 2.22 bits per heavy atom. The van der Waals surface area contributed by atoms with Gasteiger partial charge in [0.15, 0.2) is 0 Å². The van der Waals surface area contributed by atoms with Crippen LogP contribution in [0.4, 0.5) is 4.39 Å². The van der Waals surface area contributed by atoms with Crippen molar-refractivity contribution >= 4 is 27.8 Å². The summed E-state index contributed by atoms with van der Waals surface area (Å²) in [6, 6.07) is 23.7. The molecule has 3 aromatic rings. The number of hydrogen-bond donors (Lipinski definition) is 3. The fraction of sp³-hybridized carbons (Fsp3) is 0.174. The minimum absolute atomic E-state index is 0.211. The lowest BCUT2D eigenvalue weighted by atomic mass is 10.1. The molecule has 0 radical (unpaired) electrons. The average molecular weight is 477 g/mol. The summed E-state index contributed by atoms with van der Waals surface area (Å²) in [4.78, 5) is 12.9. The van der Waals surface area contributed by atoms with Crippen molar-refractivity contribution in [2.75, 3.05) is 6.26 Å². The monoisotopic (exact) mass is 476 g/mol. The van der Waals surface area contributed by atoms with E-state index in [1.54, 1.807) is 23.9 Å². The number of rotatable bonds is 8. The Labute approximate surface area is 191 Å². The van der Waals surface area contributed by atoms with Gasteiger partial charge in [0, 0.05) is 17.2 Å². The Bertz CT molecular complexity index is 1100. The van der Waals surface area contributed by atoms with Gasteiger partial charge in [0.25, 0.3) is 10.1 Å². The first-order chi connectivity index (χ1) is 15.1. The van der Waals surface area contributed by atoms with Crippen molar-refractivity contribution < 1.29 is 22.2 Å². The van der Waals surface area contributed by atoms with Gasteiger partial charge in [-0.05, 0) is 41.0 Å². The summed E-state index contributed by atoms with van der Waals surface area (Å²) in [6.07, 6.45) is 0.715. The SMILES string of the molecule is CS(=O)(=O)O.NC(=O)C(NCc1ccc(SCc2cccc(F)c2)cc1)c1ccccc1. The predicted molar refractivity (Wildman–Crippen MR) is 125 cm³/mol. The zero-order valence-corrected chi connectivity index (χ0v) is 19.1. The van der Waals surface area contributed by atoms with Crippen molar-refractivity contribution in [3.05, 3.63) is 101 Å². The molecule has 0 fully saturated rings. The highest BCUT2D eigenvalue weighted by Gasteiger charge is 2.16. The van der Waals surface area contributed by atoms with Gasteiger partial charge in [0.2, 0.25) is 5.91 Å². The number of hydrogen-bond acceptors (Lipinski definition) is 5. The molecule has 0 aliphatic carbocycles. The zero-order chi connectivity index (χ0) is 23.6. The number of nitrogens with one attached hydrogen (secondary N) is 1. The summed E-state index contributed by atoms with van der Waals surface area (Å²) in [5, 5.41) is 3.21. The maximum Gasteiger partial charge on any atom is 0.261 e. The van der Waals surface area contributed by atoms with Crippen LogP contribution >= 0.6 is 11.8 Å². The van der Waals surface area contributed by atoms with Crippen LogP contribution in [-0.4, -0.2) is 25.1 Å². The molecule has 170 valence electrons. The lowest BCUT2D eigenvalue weighted by molar-refractivity contribution is -0.120. The fourth-order valence-corrected chi connectivity index (χ4v) is 3.59. The molecule has 4 N–H and O–H groups in total. The molecule has 0 saturated carbocycles. The first-order valence-electron chi connectivity index (χ1n) is 9.58. The standard InChI is InChI=1S/C22H21FN2OS.CH4O3S/c23-19-8-4-5-17(13-19)15-27-20-11-9-16(10-12-20)14-25-21(22(24)26)18-6-2-1-3-7-18;1-5(2,3)4/h1-13,21,25H,14-15H2,(H2,24,26);1H3,(H,2,3,4). The van der Waals surface area contributed by atoms with Crippen molar-refractivity contribution in [3.63, 3.8) is 0 Å². The molecule has 0 heterocycles. The number of benzene rings is 3. The van der Waals surface area contributed by atoms with Crippen molar-refractivity contribution in [2.45, 2.75) is 23.2 Å². The quantitative estimate of drug-likeness (QED) is 0.336. The summed E-state index contributed by atoms with van der Waals surface area (Å²) in [7, 11) is -3.67. The third kappa shape index (κ3) is 10.1. The number of amides is 1. The molecular formula is C23H25FN2O4S2. The molecule has 1 amide bonds. The molecule has 32 heavy (non-hydrogen) atoms. The number of thioether (sulfide) groups is 1. The van der Waals surface area contributed by atoms with E-state index in [0.717, 1.165) is 21.6 Å². The van der Waals surface area contributed by atoms with Crippen molar-refractivity contribution in [1.82, 2.24) is 5.32 Å². The minimum atomic E-state index is -3.67. The summed E-state index contributed by atoms with van der Waals surface area (Å²) in [5.74, 6) is 0.105. The van der Waals surface area contributed by atoms with Crippen LogP contribution in [0.2, 0.25) is 0 Å². The van der Waals surface area contributed by atoms with Gasteiger partial charge in [-0.3, -0.25) is 14.7 Å². The molecule has 6 nitrogen and oxygen atoms in total. The van der Waals surface area contributed by atoms with E-state index in [9.17, 15) is 17.6 Å². The summed E-state index contributed by atoms with van der Waals surface area (Å²) in [6.45, 7) is 0.539. The number of carbonyl (C=O) groups excluding carboxylic acids is 1. The second kappa shape index (κ2) is 12.4. The highest BCUT2D eigenvalue weighted by atomic mass is 32.2. The van der Waals surface area contributed by atoms with Gasteiger partial charge < -0.3 is 5.73 Å². The van der Waals surface area contributed by atoms with Crippen LogP contribution in [0.25, 0.3) is 0 Å². The van der Waals surface area contributed by atoms with E-state index in [-0.39, 0.29) is 5.82 Å². The van der Waals surface area contributed by atoms with Gasteiger partial charge in [-0.25, -0.2) is 4.39 Å². The van der Waals surface area contributed by atoms with E-state index in [1.165, 1.54) is 6.07 Å². The molecule has 1 atom stereocenters. The van der Waals surface area contributed by atoms with Gasteiger partial charge in [0.1, 0.15) is 11.9 Å². The van der Waals surface area contributed by atoms with Crippen LogP contribution in [-0.2, 0) is 27.2 Å². The molecule has 1 unspecified atom stereocenters. The van der Waals surface area contributed by atoms with E-state index in [4.69, 9.17) is 10.3 Å². The Morgan fingerprint density at radius 1 is 1.03 bits per heavy atom. The fourth-order valence-electron chi connectivity index (χ4n) is 2.75. The Balaban J connectivity index is 0.000000654. The molecule has 0 saturated heterocycles. The predicted octanol–water partition coefficient (Wildman–Crippen LogP) is 3.94. The molecule has 0 bridgehead atoms. The van der Waals surface area contributed by atoms with Crippen molar-refractivity contribution in [3.8, 4) is 0 Å². The molecule has 9 heteroatoms. The number of nitrogens with two attached hydrogens (primary N) is 1. The zero-order valence-electron chi connectivity index (χ0n) is 17.4. The highest BCUT2D eigenvalue weighted by Crippen LogP contribution is 2.23. The third-order valence-corrected chi connectivity index (χ3v) is 5.23. The molecule has 0 aliphatic rings. The largest absolute Gasteiger partial charge is 0.368 e. The van der Waals surface area contributed by atoms with E-state index >= 15 is 0 Å². The first kappa shape index (κ1) is 25.5. The topological polar surface area (TPSA) is 109 Å². The number of primary amides is 1. The molecular weight excluding hydrogens is 451 g/mol. The Morgan fingerprint density at radius 2 is 1.66 bits per heavy atom. The van der Waals surface area contributed by atoms with Crippen LogP contribution < -0.4 is 11.1 Å². The average Bonchev–Trinajstić information content (AvgIpc) is 2.73. The smallest absolute Gasteiger partial charge is 0.261 e. The summed E-state index contributed by atoms with van der Waals surface area (Å²) < 4.78 is 39.1. The van der Waals surface area contributed by atoms with Gasteiger partial charge >= 0.3 is 0 Å². The van der Waals surface area contributed by atoms with Gasteiger partial charge in [-0.1, -0.05) is 54.6 Å². The normalized spacial score (nSPS) is 11.8. The van der Waals surface area contributed by atoms with Gasteiger partial charge in [0.05, 0.1) is 6.26 Å². The van der Waals surface area contributed by atoms with E-state index in [1.807, 2.05) is 60.7 Å². The van der Waals surface area contributed by atoms with Crippen molar-refractivity contribution in [2.24, 2.45) is 5.73 Å². The summed E-state index contributed by atoms with van der Waals surface area (Å²) >= 11 is 1.66. The second-order valence-electron chi connectivity index (χ2n) is 6.92. The minimum Gasteiger partial charge on any atom is -0.368 e. The van der Waals surface area contributed by atoms with E-state index < -0.39 is 22.1 Å². The first-order valence-corrected chi connectivity index (χ1v) is 12.4.